The second kappa shape index (κ2) is 4.09. The summed E-state index contributed by atoms with van der Waals surface area (Å²) in [7, 11) is 0. The van der Waals surface area contributed by atoms with Crippen LogP contribution in [0.3, 0.4) is 0 Å². The third kappa shape index (κ3) is 2.13. The van der Waals surface area contributed by atoms with Gasteiger partial charge in [0.15, 0.2) is 5.78 Å². The summed E-state index contributed by atoms with van der Waals surface area (Å²) in [5.74, 6) is 0.313. The van der Waals surface area contributed by atoms with Gasteiger partial charge < -0.3 is 0 Å². The zero-order chi connectivity index (χ0) is 9.97. The van der Waals surface area contributed by atoms with E-state index in [1.807, 2.05) is 30.3 Å². The molecule has 0 aliphatic heterocycles. The molecule has 72 valence electrons. The number of halogens is 1. The smallest absolute Gasteiger partial charge is 0.158 e. The van der Waals surface area contributed by atoms with Crippen LogP contribution in [0, 0.1) is 0 Å². The third-order valence-electron chi connectivity index (χ3n) is 2.42. The second-order valence-corrected chi connectivity index (χ2v) is 4.41. The minimum Gasteiger partial charge on any atom is -0.295 e. The van der Waals surface area contributed by atoms with Gasteiger partial charge in [-0.3, -0.25) is 4.79 Å². The first-order valence-corrected chi connectivity index (χ1v) is 5.54. The first kappa shape index (κ1) is 9.66. The van der Waals surface area contributed by atoms with Crippen molar-refractivity contribution in [2.75, 3.05) is 0 Å². The molecule has 0 radical (unpaired) electrons. The molecule has 1 aromatic carbocycles. The van der Waals surface area contributed by atoms with Crippen LogP contribution in [0.1, 0.15) is 24.8 Å². The van der Waals surface area contributed by atoms with Gasteiger partial charge in [-0.05, 0) is 42.2 Å². The molecule has 0 amide bonds. The molecule has 0 saturated heterocycles. The fraction of sp³-hybridized carbons (Fsp3) is 0.250. The van der Waals surface area contributed by atoms with Gasteiger partial charge in [0.1, 0.15) is 0 Å². The molecular formula is C12H11BrO. The summed E-state index contributed by atoms with van der Waals surface area (Å²) in [4.78, 5) is 11.4. The van der Waals surface area contributed by atoms with Crippen molar-refractivity contribution in [3.8, 4) is 0 Å². The highest BCUT2D eigenvalue weighted by Crippen LogP contribution is 2.23. The highest BCUT2D eigenvalue weighted by Gasteiger charge is 2.16. The molecule has 0 aromatic heterocycles. The Morgan fingerprint density at radius 2 is 1.86 bits per heavy atom. The number of ketones is 1. The Bertz CT molecular complexity index is 376. The van der Waals surface area contributed by atoms with Crippen molar-refractivity contribution in [3.05, 3.63) is 39.9 Å². The Balaban J connectivity index is 2.24. The van der Waals surface area contributed by atoms with Crippen LogP contribution in [0.5, 0.6) is 0 Å². The average Bonchev–Trinajstić information content (AvgIpc) is 2.56. The standard InChI is InChI=1S/C12H11BrO/c13-11-6-4-9(5-7-11)8-10-2-1-3-12(10)14/h4-8H,1-3H2. The van der Waals surface area contributed by atoms with Crippen LogP contribution in [0.25, 0.3) is 6.08 Å². The molecule has 1 saturated carbocycles. The lowest BCUT2D eigenvalue weighted by Gasteiger charge is -1.96. The van der Waals surface area contributed by atoms with Crippen molar-refractivity contribution < 1.29 is 4.79 Å². The zero-order valence-electron chi connectivity index (χ0n) is 7.79. The van der Waals surface area contributed by atoms with Crippen molar-refractivity contribution in [1.82, 2.24) is 0 Å². The van der Waals surface area contributed by atoms with E-state index in [4.69, 9.17) is 0 Å². The Morgan fingerprint density at radius 3 is 2.43 bits per heavy atom. The highest BCUT2D eigenvalue weighted by molar-refractivity contribution is 9.10. The summed E-state index contributed by atoms with van der Waals surface area (Å²) < 4.78 is 1.07. The Morgan fingerprint density at radius 1 is 1.14 bits per heavy atom. The van der Waals surface area contributed by atoms with Gasteiger partial charge in [-0.25, -0.2) is 0 Å². The van der Waals surface area contributed by atoms with E-state index in [1.54, 1.807) is 0 Å². The summed E-state index contributed by atoms with van der Waals surface area (Å²) >= 11 is 3.38. The number of hydrogen-bond acceptors (Lipinski definition) is 1. The summed E-state index contributed by atoms with van der Waals surface area (Å²) in [6, 6.07) is 8.02. The SMILES string of the molecule is O=C1CCCC1=Cc1ccc(Br)cc1. The van der Waals surface area contributed by atoms with E-state index < -0.39 is 0 Å². The first-order chi connectivity index (χ1) is 6.75. The summed E-state index contributed by atoms with van der Waals surface area (Å²) in [5, 5.41) is 0. The monoisotopic (exact) mass is 250 g/mol. The molecular weight excluding hydrogens is 240 g/mol. The van der Waals surface area contributed by atoms with Gasteiger partial charge in [0, 0.05) is 10.9 Å². The van der Waals surface area contributed by atoms with Gasteiger partial charge in [-0.1, -0.05) is 28.1 Å². The minimum absolute atomic E-state index is 0.313. The van der Waals surface area contributed by atoms with Crippen LogP contribution < -0.4 is 0 Å². The van der Waals surface area contributed by atoms with E-state index in [0.29, 0.717) is 5.78 Å². The van der Waals surface area contributed by atoms with E-state index in [0.717, 1.165) is 34.9 Å². The molecule has 0 unspecified atom stereocenters. The van der Waals surface area contributed by atoms with Crippen molar-refractivity contribution in [2.24, 2.45) is 0 Å². The average molecular weight is 251 g/mol. The topological polar surface area (TPSA) is 17.1 Å². The number of benzene rings is 1. The van der Waals surface area contributed by atoms with Crippen LogP contribution in [0.4, 0.5) is 0 Å². The molecule has 1 aromatic rings. The number of allylic oxidation sites excluding steroid dienone is 1. The quantitative estimate of drug-likeness (QED) is 0.697. The Hall–Kier alpha value is -0.890. The lowest BCUT2D eigenvalue weighted by atomic mass is 10.1. The predicted molar refractivity (Wildman–Crippen MR) is 61.0 cm³/mol. The number of carbonyl (C=O) groups is 1. The molecule has 1 fully saturated rings. The number of Topliss-reactive ketones (excluding diaryl/α,β-unsaturated/α-hetero) is 1. The third-order valence-corrected chi connectivity index (χ3v) is 2.95. The van der Waals surface area contributed by atoms with Crippen molar-refractivity contribution in [2.45, 2.75) is 19.3 Å². The van der Waals surface area contributed by atoms with E-state index in [2.05, 4.69) is 15.9 Å². The van der Waals surface area contributed by atoms with Crippen LogP contribution in [-0.4, -0.2) is 5.78 Å². The van der Waals surface area contributed by atoms with Crippen molar-refractivity contribution in [3.63, 3.8) is 0 Å². The summed E-state index contributed by atoms with van der Waals surface area (Å²) in [5.41, 5.74) is 2.09. The highest BCUT2D eigenvalue weighted by atomic mass is 79.9. The largest absolute Gasteiger partial charge is 0.295 e. The van der Waals surface area contributed by atoms with Crippen LogP contribution in [0.2, 0.25) is 0 Å². The molecule has 0 heterocycles. The molecule has 1 nitrogen and oxygen atoms in total. The Labute approximate surface area is 92.0 Å². The van der Waals surface area contributed by atoms with E-state index in [9.17, 15) is 4.79 Å². The normalized spacial score (nSPS) is 19.2. The predicted octanol–water partition coefficient (Wildman–Crippen LogP) is 3.59. The molecule has 0 N–H and O–H groups in total. The molecule has 2 rings (SSSR count). The van der Waals surface area contributed by atoms with Gasteiger partial charge in [-0.2, -0.15) is 0 Å². The molecule has 0 bridgehead atoms. The van der Waals surface area contributed by atoms with E-state index in [1.165, 1.54) is 0 Å². The van der Waals surface area contributed by atoms with Crippen LogP contribution in [-0.2, 0) is 4.79 Å². The molecule has 1 aliphatic carbocycles. The maximum absolute atomic E-state index is 11.4. The first-order valence-electron chi connectivity index (χ1n) is 4.75. The van der Waals surface area contributed by atoms with Gasteiger partial charge in [0.05, 0.1) is 0 Å². The van der Waals surface area contributed by atoms with Gasteiger partial charge in [0.2, 0.25) is 0 Å². The lowest BCUT2D eigenvalue weighted by Crippen LogP contribution is -1.90. The fourth-order valence-electron chi connectivity index (χ4n) is 1.65. The molecule has 0 spiro atoms. The molecule has 1 aliphatic rings. The molecule has 14 heavy (non-hydrogen) atoms. The fourth-order valence-corrected chi connectivity index (χ4v) is 1.92. The van der Waals surface area contributed by atoms with Crippen molar-refractivity contribution >= 4 is 27.8 Å². The lowest BCUT2D eigenvalue weighted by molar-refractivity contribution is -0.114. The maximum Gasteiger partial charge on any atom is 0.158 e. The van der Waals surface area contributed by atoms with Crippen LogP contribution >= 0.6 is 15.9 Å². The molecule has 0 atom stereocenters. The number of carbonyl (C=O) groups excluding carboxylic acids is 1. The van der Waals surface area contributed by atoms with Crippen LogP contribution in [0.15, 0.2) is 34.3 Å². The summed E-state index contributed by atoms with van der Waals surface area (Å²) in [6.07, 6.45) is 4.68. The van der Waals surface area contributed by atoms with E-state index in [-0.39, 0.29) is 0 Å². The van der Waals surface area contributed by atoms with E-state index >= 15 is 0 Å². The van der Waals surface area contributed by atoms with Gasteiger partial charge >= 0.3 is 0 Å². The second-order valence-electron chi connectivity index (χ2n) is 3.50. The van der Waals surface area contributed by atoms with Gasteiger partial charge in [0.25, 0.3) is 0 Å². The van der Waals surface area contributed by atoms with Gasteiger partial charge in [-0.15, -0.1) is 0 Å². The number of rotatable bonds is 1. The zero-order valence-corrected chi connectivity index (χ0v) is 9.38. The Kier molecular flexibility index (Phi) is 2.82. The number of hydrogen-bond donors (Lipinski definition) is 0. The summed E-state index contributed by atoms with van der Waals surface area (Å²) in [6.45, 7) is 0. The molecule has 2 heteroatoms. The van der Waals surface area contributed by atoms with Crippen molar-refractivity contribution in [1.29, 1.82) is 0 Å². The minimum atomic E-state index is 0.313. The maximum atomic E-state index is 11.4.